The molecular weight excluding hydrogens is 314 g/mol. The highest BCUT2D eigenvalue weighted by Gasteiger charge is 2.22. The lowest BCUT2D eigenvalue weighted by atomic mass is 10.0. The third kappa shape index (κ3) is 4.37. The Morgan fingerprint density at radius 3 is 2.56 bits per heavy atom. The summed E-state index contributed by atoms with van der Waals surface area (Å²) in [4.78, 5) is 13.3. The standard InChI is InChI=1S/C20H25N3O2/c1-15-7-8-17(16(2)13-15)14-22-11-9-18(10-12-22)21-19-5-3-4-6-20(19)23(24)25/h3-8,13,18,21H,9-12,14H2,1-2H3. The van der Waals surface area contributed by atoms with E-state index >= 15 is 0 Å². The second kappa shape index (κ2) is 7.66. The molecule has 2 aromatic rings. The summed E-state index contributed by atoms with van der Waals surface area (Å²) in [7, 11) is 0. The first kappa shape index (κ1) is 17.4. The molecule has 132 valence electrons. The first-order valence-electron chi connectivity index (χ1n) is 8.81. The Morgan fingerprint density at radius 1 is 1.16 bits per heavy atom. The van der Waals surface area contributed by atoms with E-state index in [2.05, 4.69) is 42.3 Å². The Labute approximate surface area is 148 Å². The van der Waals surface area contributed by atoms with E-state index in [1.807, 2.05) is 6.07 Å². The molecule has 25 heavy (non-hydrogen) atoms. The fourth-order valence-corrected chi connectivity index (χ4v) is 3.47. The number of aryl methyl sites for hydroxylation is 2. The summed E-state index contributed by atoms with van der Waals surface area (Å²) in [5, 5.41) is 14.5. The second-order valence-corrected chi connectivity index (χ2v) is 6.90. The molecule has 3 rings (SSSR count). The van der Waals surface area contributed by atoms with E-state index in [1.54, 1.807) is 18.2 Å². The Kier molecular flexibility index (Phi) is 5.34. The van der Waals surface area contributed by atoms with Crippen molar-refractivity contribution < 1.29 is 4.92 Å². The maximum absolute atomic E-state index is 11.1. The van der Waals surface area contributed by atoms with Gasteiger partial charge in [0, 0.05) is 31.7 Å². The molecular formula is C20H25N3O2. The predicted molar refractivity (Wildman–Crippen MR) is 101 cm³/mol. The van der Waals surface area contributed by atoms with E-state index in [-0.39, 0.29) is 16.7 Å². The number of nitrogens with one attached hydrogen (secondary N) is 1. The van der Waals surface area contributed by atoms with Gasteiger partial charge in [-0.3, -0.25) is 15.0 Å². The number of hydrogen-bond donors (Lipinski definition) is 1. The predicted octanol–water partition coefficient (Wildman–Crippen LogP) is 4.29. The van der Waals surface area contributed by atoms with Crippen molar-refractivity contribution in [3.05, 3.63) is 69.3 Å². The zero-order chi connectivity index (χ0) is 17.8. The molecule has 1 saturated heterocycles. The summed E-state index contributed by atoms with van der Waals surface area (Å²) in [5.41, 5.74) is 4.81. The van der Waals surface area contributed by atoms with E-state index in [9.17, 15) is 10.1 Å². The second-order valence-electron chi connectivity index (χ2n) is 6.90. The summed E-state index contributed by atoms with van der Waals surface area (Å²) in [6.45, 7) is 7.28. The van der Waals surface area contributed by atoms with Crippen LogP contribution in [0.1, 0.15) is 29.5 Å². The number of nitro groups is 1. The molecule has 0 spiro atoms. The number of piperidine rings is 1. The average Bonchev–Trinajstić information content (AvgIpc) is 2.59. The highest BCUT2D eigenvalue weighted by atomic mass is 16.6. The van der Waals surface area contributed by atoms with Gasteiger partial charge in [0.25, 0.3) is 5.69 Å². The number of nitro benzene ring substituents is 1. The highest BCUT2D eigenvalue weighted by molar-refractivity contribution is 5.61. The summed E-state index contributed by atoms with van der Waals surface area (Å²) < 4.78 is 0. The minimum absolute atomic E-state index is 0.153. The lowest BCUT2D eigenvalue weighted by Crippen LogP contribution is -2.38. The van der Waals surface area contributed by atoms with Crippen LogP contribution in [0, 0.1) is 24.0 Å². The number of benzene rings is 2. The average molecular weight is 339 g/mol. The number of likely N-dealkylation sites (tertiary alicyclic amines) is 1. The van der Waals surface area contributed by atoms with Crippen molar-refractivity contribution in [3.63, 3.8) is 0 Å². The Morgan fingerprint density at radius 2 is 1.88 bits per heavy atom. The van der Waals surface area contributed by atoms with Gasteiger partial charge in [-0.15, -0.1) is 0 Å². The maximum atomic E-state index is 11.1. The monoisotopic (exact) mass is 339 g/mol. The molecule has 0 aliphatic carbocycles. The van der Waals surface area contributed by atoms with Crippen molar-refractivity contribution >= 4 is 11.4 Å². The SMILES string of the molecule is Cc1ccc(CN2CCC(Nc3ccccc3[N+](=O)[O-])CC2)c(C)c1. The molecule has 0 bridgehead atoms. The van der Waals surface area contributed by atoms with Crippen molar-refractivity contribution in [1.82, 2.24) is 4.90 Å². The van der Waals surface area contributed by atoms with E-state index in [1.165, 1.54) is 16.7 Å². The zero-order valence-electron chi connectivity index (χ0n) is 14.9. The quantitative estimate of drug-likeness (QED) is 0.652. The van der Waals surface area contributed by atoms with E-state index in [4.69, 9.17) is 0 Å². The number of nitrogens with zero attached hydrogens (tertiary/aromatic N) is 2. The van der Waals surface area contributed by atoms with Crippen molar-refractivity contribution in [1.29, 1.82) is 0 Å². The smallest absolute Gasteiger partial charge is 0.292 e. The lowest BCUT2D eigenvalue weighted by molar-refractivity contribution is -0.384. The van der Waals surface area contributed by atoms with Gasteiger partial charge in [-0.1, -0.05) is 35.9 Å². The first-order chi connectivity index (χ1) is 12.0. The Hall–Kier alpha value is -2.40. The number of rotatable bonds is 5. The van der Waals surface area contributed by atoms with Crippen molar-refractivity contribution in [2.45, 2.75) is 39.3 Å². The van der Waals surface area contributed by atoms with Gasteiger partial charge < -0.3 is 5.32 Å². The molecule has 5 heteroatoms. The molecule has 1 fully saturated rings. The summed E-state index contributed by atoms with van der Waals surface area (Å²) >= 11 is 0. The lowest BCUT2D eigenvalue weighted by Gasteiger charge is -2.33. The topological polar surface area (TPSA) is 58.4 Å². The van der Waals surface area contributed by atoms with Crippen molar-refractivity contribution in [2.75, 3.05) is 18.4 Å². The molecule has 1 N–H and O–H groups in total. The Bertz CT molecular complexity index is 752. The van der Waals surface area contributed by atoms with Crippen LogP contribution in [-0.4, -0.2) is 29.0 Å². The molecule has 2 aromatic carbocycles. The summed E-state index contributed by atoms with van der Waals surface area (Å²) in [6, 6.07) is 13.8. The van der Waals surface area contributed by atoms with E-state index < -0.39 is 0 Å². The van der Waals surface area contributed by atoms with E-state index in [0.717, 1.165) is 32.5 Å². The normalized spacial score (nSPS) is 15.9. The van der Waals surface area contributed by atoms with Gasteiger partial charge in [0.05, 0.1) is 4.92 Å². The summed E-state index contributed by atoms with van der Waals surface area (Å²) in [5.74, 6) is 0. The minimum Gasteiger partial charge on any atom is -0.377 e. The van der Waals surface area contributed by atoms with Crippen LogP contribution in [-0.2, 0) is 6.54 Å². The van der Waals surface area contributed by atoms with Crippen molar-refractivity contribution in [2.24, 2.45) is 0 Å². The van der Waals surface area contributed by atoms with Gasteiger partial charge in [0.1, 0.15) is 5.69 Å². The molecule has 0 unspecified atom stereocenters. The fourth-order valence-electron chi connectivity index (χ4n) is 3.47. The summed E-state index contributed by atoms with van der Waals surface area (Å²) in [6.07, 6.45) is 1.99. The van der Waals surface area contributed by atoms with Gasteiger partial charge in [0.2, 0.25) is 0 Å². The number of para-hydroxylation sites is 2. The Balaban J connectivity index is 1.56. The molecule has 0 aromatic heterocycles. The van der Waals surface area contributed by atoms with Crippen molar-refractivity contribution in [3.8, 4) is 0 Å². The highest BCUT2D eigenvalue weighted by Crippen LogP contribution is 2.26. The number of anilines is 1. The van der Waals surface area contributed by atoms with Gasteiger partial charge in [0.15, 0.2) is 0 Å². The molecule has 1 aliphatic rings. The molecule has 5 nitrogen and oxygen atoms in total. The van der Waals surface area contributed by atoms with Crippen LogP contribution in [0.25, 0.3) is 0 Å². The molecule has 0 saturated carbocycles. The third-order valence-electron chi connectivity index (χ3n) is 4.94. The molecule has 1 heterocycles. The molecule has 1 aliphatic heterocycles. The fraction of sp³-hybridized carbons (Fsp3) is 0.400. The van der Waals surface area contributed by atoms with Crippen LogP contribution in [0.4, 0.5) is 11.4 Å². The van der Waals surface area contributed by atoms with Gasteiger partial charge >= 0.3 is 0 Å². The zero-order valence-corrected chi connectivity index (χ0v) is 14.9. The van der Waals surface area contributed by atoms with Gasteiger partial charge in [-0.25, -0.2) is 0 Å². The third-order valence-corrected chi connectivity index (χ3v) is 4.94. The molecule has 0 amide bonds. The first-order valence-corrected chi connectivity index (χ1v) is 8.81. The minimum atomic E-state index is -0.322. The van der Waals surface area contributed by atoms with Crippen LogP contribution in [0.5, 0.6) is 0 Å². The van der Waals surface area contributed by atoms with E-state index in [0.29, 0.717) is 5.69 Å². The molecule has 0 atom stereocenters. The molecule has 0 radical (unpaired) electrons. The van der Waals surface area contributed by atoms with Crippen LogP contribution in [0.3, 0.4) is 0 Å². The van der Waals surface area contributed by atoms with Crippen LogP contribution in [0.15, 0.2) is 42.5 Å². The number of hydrogen-bond acceptors (Lipinski definition) is 4. The van der Waals surface area contributed by atoms with Gasteiger partial charge in [-0.05, 0) is 43.9 Å². The van der Waals surface area contributed by atoms with Gasteiger partial charge in [-0.2, -0.15) is 0 Å². The largest absolute Gasteiger partial charge is 0.377 e. The maximum Gasteiger partial charge on any atom is 0.292 e. The van der Waals surface area contributed by atoms with Crippen LogP contribution < -0.4 is 5.32 Å². The van der Waals surface area contributed by atoms with Crippen LogP contribution in [0.2, 0.25) is 0 Å². The van der Waals surface area contributed by atoms with Crippen LogP contribution >= 0.6 is 0 Å².